The van der Waals surface area contributed by atoms with E-state index in [-0.39, 0.29) is 5.91 Å². The maximum Gasteiger partial charge on any atom is 0.254 e. The van der Waals surface area contributed by atoms with E-state index in [1.54, 1.807) is 12.5 Å². The van der Waals surface area contributed by atoms with Crippen molar-refractivity contribution >= 4 is 5.91 Å². The quantitative estimate of drug-likeness (QED) is 0.688. The van der Waals surface area contributed by atoms with Gasteiger partial charge in [0, 0.05) is 55.9 Å². The van der Waals surface area contributed by atoms with E-state index in [9.17, 15) is 4.79 Å². The van der Waals surface area contributed by atoms with Gasteiger partial charge in [0.2, 0.25) is 0 Å². The highest BCUT2D eigenvalue weighted by atomic mass is 16.2. The van der Waals surface area contributed by atoms with Crippen molar-refractivity contribution in [3.05, 3.63) is 84.4 Å². The van der Waals surface area contributed by atoms with Gasteiger partial charge >= 0.3 is 0 Å². The van der Waals surface area contributed by atoms with Gasteiger partial charge in [-0.1, -0.05) is 30.3 Å². The maximum atomic E-state index is 13.3. The summed E-state index contributed by atoms with van der Waals surface area (Å²) in [5.74, 6) is 0.727. The van der Waals surface area contributed by atoms with Crippen molar-refractivity contribution in [2.75, 3.05) is 19.6 Å². The van der Waals surface area contributed by atoms with Crippen LogP contribution in [0, 0.1) is 5.92 Å². The number of fused-ring (bicyclic) bond motifs is 4. The molecule has 3 aromatic rings. The topological polar surface area (TPSA) is 41.4 Å². The molecule has 6 rings (SSSR count). The summed E-state index contributed by atoms with van der Waals surface area (Å²) in [6, 6.07) is 18.8. The lowest BCUT2D eigenvalue weighted by Crippen LogP contribution is -2.47. The number of rotatable bonds is 4. The molecule has 0 aliphatic carbocycles. The molecule has 3 aliphatic heterocycles. The number of aromatic nitrogens is 2. The first kappa shape index (κ1) is 18.1. The fraction of sp³-hybridized carbons (Fsp3) is 0.333. The minimum absolute atomic E-state index is 0.165. The van der Waals surface area contributed by atoms with Crippen LogP contribution in [0.2, 0.25) is 0 Å². The Bertz CT molecular complexity index is 952. The summed E-state index contributed by atoms with van der Waals surface area (Å²) < 4.78 is 1.95. The third-order valence-corrected chi connectivity index (χ3v) is 6.22. The first-order chi connectivity index (χ1) is 14.3. The third-order valence-electron chi connectivity index (χ3n) is 6.22. The summed E-state index contributed by atoms with van der Waals surface area (Å²) in [7, 11) is 0. The molecule has 0 radical (unpaired) electrons. The van der Waals surface area contributed by atoms with E-state index in [0.717, 1.165) is 43.9 Å². The molecule has 5 nitrogen and oxygen atoms in total. The van der Waals surface area contributed by atoms with Gasteiger partial charge in [-0.15, -0.1) is 0 Å². The number of amides is 1. The molecule has 0 N–H and O–H groups in total. The van der Waals surface area contributed by atoms with Crippen LogP contribution >= 0.6 is 0 Å². The van der Waals surface area contributed by atoms with Gasteiger partial charge in [-0.3, -0.25) is 9.69 Å². The van der Waals surface area contributed by atoms with Crippen molar-refractivity contribution in [2.24, 2.45) is 5.92 Å². The molecule has 29 heavy (non-hydrogen) atoms. The molecule has 2 aromatic carbocycles. The van der Waals surface area contributed by atoms with Crippen molar-refractivity contribution in [1.82, 2.24) is 19.4 Å². The van der Waals surface area contributed by atoms with E-state index < -0.39 is 0 Å². The number of hydrogen-bond donors (Lipinski definition) is 0. The number of carbonyl (C=O) groups excluding carboxylic acids is 1. The number of benzene rings is 2. The molecule has 1 amide bonds. The fourth-order valence-corrected chi connectivity index (χ4v) is 4.75. The van der Waals surface area contributed by atoms with Crippen molar-refractivity contribution < 1.29 is 4.79 Å². The Morgan fingerprint density at radius 3 is 2.55 bits per heavy atom. The van der Waals surface area contributed by atoms with E-state index >= 15 is 0 Å². The lowest BCUT2D eigenvalue weighted by Gasteiger charge is -2.36. The van der Waals surface area contributed by atoms with Gasteiger partial charge in [0.15, 0.2) is 0 Å². The molecule has 3 fully saturated rings. The predicted molar refractivity (Wildman–Crippen MR) is 113 cm³/mol. The second-order valence-electron chi connectivity index (χ2n) is 8.25. The summed E-state index contributed by atoms with van der Waals surface area (Å²) in [4.78, 5) is 22.0. The molecule has 0 spiro atoms. The molecule has 5 heteroatoms. The predicted octanol–water partition coefficient (Wildman–Crippen LogP) is 3.61. The number of nitrogens with zero attached hydrogens (tertiary/aromatic N) is 4. The lowest BCUT2D eigenvalue weighted by molar-refractivity contribution is 0.0585. The van der Waals surface area contributed by atoms with Crippen LogP contribution in [0.15, 0.2) is 73.3 Å². The van der Waals surface area contributed by atoms with Crippen molar-refractivity contribution in [2.45, 2.75) is 25.4 Å². The van der Waals surface area contributed by atoms with Crippen LogP contribution in [-0.4, -0.2) is 50.9 Å². The fourth-order valence-electron chi connectivity index (χ4n) is 4.75. The average molecular weight is 386 g/mol. The van der Waals surface area contributed by atoms with E-state index in [1.165, 1.54) is 12.0 Å². The van der Waals surface area contributed by atoms with Crippen LogP contribution in [-0.2, 0) is 6.54 Å². The summed E-state index contributed by atoms with van der Waals surface area (Å²) in [6.07, 6.45) is 7.76. The monoisotopic (exact) mass is 386 g/mol. The molecule has 0 saturated carbocycles. The highest BCUT2D eigenvalue weighted by molar-refractivity contribution is 5.94. The summed E-state index contributed by atoms with van der Waals surface area (Å²) in [6.45, 7) is 3.88. The summed E-state index contributed by atoms with van der Waals surface area (Å²) in [5, 5.41) is 0. The second kappa shape index (κ2) is 7.84. The highest BCUT2D eigenvalue weighted by Gasteiger charge is 2.37. The molecule has 0 unspecified atom stereocenters. The largest absolute Gasteiger partial charge is 0.334 e. The van der Waals surface area contributed by atoms with Crippen LogP contribution in [0.1, 0.15) is 28.8 Å². The van der Waals surface area contributed by atoms with Gasteiger partial charge < -0.3 is 9.47 Å². The molecule has 3 saturated heterocycles. The Morgan fingerprint density at radius 1 is 0.966 bits per heavy atom. The van der Waals surface area contributed by atoms with E-state index in [4.69, 9.17) is 0 Å². The molecular formula is C24H26N4O. The van der Waals surface area contributed by atoms with Crippen LogP contribution in [0.4, 0.5) is 0 Å². The average Bonchev–Trinajstić information content (AvgIpc) is 3.16. The Morgan fingerprint density at radius 2 is 1.79 bits per heavy atom. The first-order valence-corrected chi connectivity index (χ1v) is 10.4. The minimum atomic E-state index is 0.165. The van der Waals surface area contributed by atoms with Gasteiger partial charge in [0.05, 0.1) is 6.33 Å². The van der Waals surface area contributed by atoms with Gasteiger partial charge in [-0.05, 0) is 48.6 Å². The molecule has 2 atom stereocenters. The van der Waals surface area contributed by atoms with E-state index in [2.05, 4.69) is 45.1 Å². The van der Waals surface area contributed by atoms with Gasteiger partial charge in [0.25, 0.3) is 5.91 Å². The number of imidazole rings is 1. The maximum absolute atomic E-state index is 13.3. The van der Waals surface area contributed by atoms with Crippen LogP contribution in [0.25, 0.3) is 5.69 Å². The lowest BCUT2D eigenvalue weighted by atomic mass is 9.94. The highest BCUT2D eigenvalue weighted by Crippen LogP contribution is 2.30. The van der Waals surface area contributed by atoms with Gasteiger partial charge in [0.1, 0.15) is 0 Å². The summed E-state index contributed by atoms with van der Waals surface area (Å²) in [5.41, 5.74) is 3.14. The van der Waals surface area contributed by atoms with Crippen LogP contribution in [0.5, 0.6) is 0 Å². The zero-order chi connectivity index (χ0) is 19.6. The van der Waals surface area contributed by atoms with Crippen molar-refractivity contribution in [3.8, 4) is 5.69 Å². The van der Waals surface area contributed by atoms with E-state index in [1.807, 2.05) is 35.0 Å². The molecule has 148 valence electrons. The zero-order valence-corrected chi connectivity index (χ0v) is 16.5. The molecule has 2 bridgehead atoms. The van der Waals surface area contributed by atoms with Gasteiger partial charge in [-0.2, -0.15) is 0 Å². The number of piperidine rings is 1. The Balaban J connectivity index is 1.30. The third kappa shape index (κ3) is 3.83. The standard InChI is InChI=1S/C24H26N4O/c29-24(21-7-10-22(11-8-21)27-13-12-25-18-27)28-16-20-6-9-23(28)17-26(15-20)14-19-4-2-1-3-5-19/h1-5,7-8,10-13,18,20,23H,6,9,14-17H2/t20-,23+/m0/s1. The van der Waals surface area contributed by atoms with Crippen molar-refractivity contribution in [1.29, 1.82) is 0 Å². The summed E-state index contributed by atoms with van der Waals surface area (Å²) >= 11 is 0. The van der Waals surface area contributed by atoms with Gasteiger partial charge in [-0.25, -0.2) is 4.98 Å². The smallest absolute Gasteiger partial charge is 0.254 e. The SMILES string of the molecule is O=C(c1ccc(-n2ccnc2)cc1)N1C[C@H]2CC[C@@H]1CN(Cc1ccccc1)C2. The number of carbonyl (C=O) groups is 1. The molecular weight excluding hydrogens is 360 g/mol. The first-order valence-electron chi connectivity index (χ1n) is 10.4. The Hall–Kier alpha value is -2.92. The Kier molecular flexibility index (Phi) is 4.90. The normalized spacial score (nSPS) is 21.9. The molecule has 3 aliphatic rings. The van der Waals surface area contributed by atoms with Crippen molar-refractivity contribution in [3.63, 3.8) is 0 Å². The van der Waals surface area contributed by atoms with Crippen LogP contribution in [0.3, 0.4) is 0 Å². The Labute approximate surface area is 171 Å². The zero-order valence-electron chi connectivity index (χ0n) is 16.5. The van der Waals surface area contributed by atoms with E-state index in [0.29, 0.717) is 12.0 Å². The minimum Gasteiger partial charge on any atom is -0.334 e. The van der Waals surface area contributed by atoms with Crippen LogP contribution < -0.4 is 0 Å². The number of hydrogen-bond acceptors (Lipinski definition) is 3. The molecule has 1 aromatic heterocycles. The molecule has 4 heterocycles. The second-order valence-corrected chi connectivity index (χ2v) is 8.25.